The summed E-state index contributed by atoms with van der Waals surface area (Å²) in [4.78, 5) is 13.3. The van der Waals surface area contributed by atoms with E-state index in [2.05, 4.69) is 36.5 Å². The van der Waals surface area contributed by atoms with Gasteiger partial charge >= 0.3 is 0 Å². The lowest BCUT2D eigenvalue weighted by Gasteiger charge is -2.29. The minimum atomic E-state index is -0.494. The number of hydrogen-bond donors (Lipinski definition) is 1. The molecule has 1 aliphatic carbocycles. The van der Waals surface area contributed by atoms with Crippen LogP contribution >= 0.6 is 0 Å². The normalized spacial score (nSPS) is 15.4. The second-order valence-electron chi connectivity index (χ2n) is 7.60. The molecule has 0 atom stereocenters. The van der Waals surface area contributed by atoms with Crippen LogP contribution in [0.5, 0.6) is 5.75 Å². The molecule has 3 rings (SSSR count). The van der Waals surface area contributed by atoms with Gasteiger partial charge in [0.1, 0.15) is 11.8 Å². The Labute approximate surface area is 161 Å². The first-order valence-corrected chi connectivity index (χ1v) is 9.54. The van der Waals surface area contributed by atoms with Crippen molar-refractivity contribution >= 4 is 11.6 Å². The number of anilines is 1. The van der Waals surface area contributed by atoms with E-state index in [0.717, 1.165) is 36.8 Å². The first-order chi connectivity index (χ1) is 12.9. The van der Waals surface area contributed by atoms with Crippen molar-refractivity contribution in [2.45, 2.75) is 58.0 Å². The van der Waals surface area contributed by atoms with Crippen molar-refractivity contribution in [2.24, 2.45) is 0 Å². The van der Waals surface area contributed by atoms with E-state index in [9.17, 15) is 10.1 Å². The van der Waals surface area contributed by atoms with Gasteiger partial charge in [0.2, 0.25) is 5.91 Å². The minimum absolute atomic E-state index is 0.00650. The van der Waals surface area contributed by atoms with Gasteiger partial charge in [-0.15, -0.1) is 0 Å². The monoisotopic (exact) mass is 362 g/mol. The molecule has 1 saturated carbocycles. The van der Waals surface area contributed by atoms with E-state index in [0.29, 0.717) is 17.0 Å². The van der Waals surface area contributed by atoms with Gasteiger partial charge in [-0.25, -0.2) is 0 Å². The predicted octanol–water partition coefficient (Wildman–Crippen LogP) is 5.10. The zero-order chi connectivity index (χ0) is 19.4. The molecule has 0 radical (unpaired) electrons. The molecule has 0 unspecified atom stereocenters. The summed E-state index contributed by atoms with van der Waals surface area (Å²) in [6.45, 7) is 5.89. The second-order valence-corrected chi connectivity index (χ2v) is 7.60. The lowest BCUT2D eigenvalue weighted by molar-refractivity contribution is -0.121. The van der Waals surface area contributed by atoms with E-state index in [1.807, 2.05) is 19.9 Å². The maximum absolute atomic E-state index is 13.3. The fraction of sp³-hybridized carbons (Fsp3) is 0.391. The molecule has 1 aliphatic rings. The Bertz CT molecular complexity index is 874. The van der Waals surface area contributed by atoms with Gasteiger partial charge < -0.3 is 10.1 Å². The third kappa shape index (κ3) is 3.98. The third-order valence-corrected chi connectivity index (χ3v) is 5.18. The fourth-order valence-electron chi connectivity index (χ4n) is 3.87. The Kier molecular flexibility index (Phi) is 5.51. The van der Waals surface area contributed by atoms with Crippen LogP contribution in [0.2, 0.25) is 0 Å². The highest BCUT2D eigenvalue weighted by atomic mass is 16.5. The van der Waals surface area contributed by atoms with Gasteiger partial charge in [-0.05, 0) is 57.4 Å². The summed E-state index contributed by atoms with van der Waals surface area (Å²) in [6.07, 6.45) is 3.78. The summed E-state index contributed by atoms with van der Waals surface area (Å²) in [5.41, 5.74) is 2.81. The van der Waals surface area contributed by atoms with Crippen LogP contribution in [0.3, 0.4) is 0 Å². The van der Waals surface area contributed by atoms with Crippen molar-refractivity contribution < 1.29 is 9.53 Å². The molecule has 4 nitrogen and oxygen atoms in total. The van der Waals surface area contributed by atoms with Gasteiger partial charge in [0.25, 0.3) is 0 Å². The molecule has 27 heavy (non-hydrogen) atoms. The average Bonchev–Trinajstić information content (AvgIpc) is 3.14. The summed E-state index contributed by atoms with van der Waals surface area (Å²) < 4.78 is 5.66. The molecule has 0 aromatic heterocycles. The zero-order valence-electron chi connectivity index (χ0n) is 16.2. The maximum atomic E-state index is 13.3. The highest BCUT2D eigenvalue weighted by molar-refractivity contribution is 5.99. The smallest absolute Gasteiger partial charge is 0.235 e. The molecule has 0 saturated heterocycles. The quantitative estimate of drug-likeness (QED) is 0.804. The summed E-state index contributed by atoms with van der Waals surface area (Å²) in [5.74, 6) is 0.548. The number of carbonyl (C=O) groups is 1. The average molecular weight is 362 g/mol. The Morgan fingerprint density at radius 3 is 2.56 bits per heavy atom. The lowest BCUT2D eigenvalue weighted by Crippen LogP contribution is -2.38. The van der Waals surface area contributed by atoms with Crippen LogP contribution in [-0.2, 0) is 10.2 Å². The molecule has 0 spiro atoms. The van der Waals surface area contributed by atoms with Gasteiger partial charge in [-0.2, -0.15) is 5.26 Å². The molecule has 0 aliphatic heterocycles. The molecule has 1 N–H and O–H groups in total. The highest BCUT2D eigenvalue weighted by Crippen LogP contribution is 2.42. The van der Waals surface area contributed by atoms with Crippen molar-refractivity contribution in [3.8, 4) is 11.8 Å². The lowest BCUT2D eigenvalue weighted by atomic mass is 9.77. The van der Waals surface area contributed by atoms with E-state index >= 15 is 0 Å². The van der Waals surface area contributed by atoms with Gasteiger partial charge in [-0.1, -0.05) is 42.7 Å². The summed E-state index contributed by atoms with van der Waals surface area (Å²) in [5, 5.41) is 12.5. The molecule has 4 heteroatoms. The number of nitrogens with zero attached hydrogens (tertiary/aromatic N) is 1. The zero-order valence-corrected chi connectivity index (χ0v) is 16.2. The topological polar surface area (TPSA) is 62.1 Å². The predicted molar refractivity (Wildman–Crippen MR) is 107 cm³/mol. The van der Waals surface area contributed by atoms with Crippen molar-refractivity contribution in [1.82, 2.24) is 0 Å². The van der Waals surface area contributed by atoms with Crippen LogP contribution in [0.1, 0.15) is 56.2 Å². The Morgan fingerprint density at radius 2 is 1.93 bits per heavy atom. The van der Waals surface area contributed by atoms with Crippen LogP contribution < -0.4 is 10.1 Å². The van der Waals surface area contributed by atoms with E-state index in [1.165, 1.54) is 0 Å². The largest absolute Gasteiger partial charge is 0.490 e. The van der Waals surface area contributed by atoms with Crippen molar-refractivity contribution in [3.05, 3.63) is 59.2 Å². The second kappa shape index (κ2) is 7.84. The van der Waals surface area contributed by atoms with Crippen molar-refractivity contribution in [2.75, 3.05) is 5.32 Å². The number of carbonyl (C=O) groups excluding carboxylic acids is 1. The molecule has 140 valence electrons. The van der Waals surface area contributed by atoms with E-state index in [-0.39, 0.29) is 12.0 Å². The Morgan fingerprint density at radius 1 is 1.19 bits per heavy atom. The van der Waals surface area contributed by atoms with Gasteiger partial charge in [-0.3, -0.25) is 4.79 Å². The molecular weight excluding hydrogens is 336 g/mol. The van der Waals surface area contributed by atoms with Crippen molar-refractivity contribution in [3.63, 3.8) is 0 Å². The number of nitriles is 1. The summed E-state index contributed by atoms with van der Waals surface area (Å²) in [6, 6.07) is 15.6. The van der Waals surface area contributed by atoms with Crippen LogP contribution in [0.25, 0.3) is 0 Å². The van der Waals surface area contributed by atoms with Crippen LogP contribution in [0.4, 0.5) is 5.69 Å². The molecule has 2 aromatic carbocycles. The van der Waals surface area contributed by atoms with Crippen LogP contribution in [0, 0.1) is 18.3 Å². The molecule has 0 bridgehead atoms. The number of aryl methyl sites for hydroxylation is 1. The molecule has 0 heterocycles. The number of nitrogens with one attached hydrogen (secondary N) is 1. The first kappa shape index (κ1) is 19.0. The number of ether oxygens (including phenoxy) is 1. The maximum Gasteiger partial charge on any atom is 0.235 e. The van der Waals surface area contributed by atoms with E-state index in [1.54, 1.807) is 18.2 Å². The Hall–Kier alpha value is -2.80. The molecule has 1 fully saturated rings. The number of amides is 1. The minimum Gasteiger partial charge on any atom is -0.490 e. The Balaban J connectivity index is 1.88. The van der Waals surface area contributed by atoms with Gasteiger partial charge in [0, 0.05) is 5.69 Å². The standard InChI is InChI=1S/C23H26N2O2/c1-16(2)27-21-10-9-20(14-18(21)15-24)25-22(26)23(11-4-5-12-23)19-8-6-7-17(3)13-19/h6-10,13-14,16H,4-5,11-12H2,1-3H3,(H,25,26). The van der Waals surface area contributed by atoms with Gasteiger partial charge in [0.05, 0.1) is 17.1 Å². The first-order valence-electron chi connectivity index (χ1n) is 9.54. The van der Waals surface area contributed by atoms with Crippen LogP contribution in [0.15, 0.2) is 42.5 Å². The molecule has 1 amide bonds. The molecular formula is C23H26N2O2. The summed E-state index contributed by atoms with van der Waals surface area (Å²) >= 11 is 0. The summed E-state index contributed by atoms with van der Waals surface area (Å²) in [7, 11) is 0. The molecule has 2 aromatic rings. The van der Waals surface area contributed by atoms with Gasteiger partial charge in [0.15, 0.2) is 0 Å². The third-order valence-electron chi connectivity index (χ3n) is 5.18. The van der Waals surface area contributed by atoms with E-state index < -0.39 is 5.41 Å². The van der Waals surface area contributed by atoms with Crippen LogP contribution in [-0.4, -0.2) is 12.0 Å². The van der Waals surface area contributed by atoms with E-state index in [4.69, 9.17) is 4.74 Å². The number of hydrogen-bond acceptors (Lipinski definition) is 3. The number of rotatable bonds is 5. The highest BCUT2D eigenvalue weighted by Gasteiger charge is 2.42. The SMILES string of the molecule is Cc1cccc(C2(C(=O)Nc3ccc(OC(C)C)c(C#N)c3)CCCC2)c1. The fourth-order valence-corrected chi connectivity index (χ4v) is 3.87. The number of benzene rings is 2. The van der Waals surface area contributed by atoms with Crippen molar-refractivity contribution in [1.29, 1.82) is 5.26 Å².